The summed E-state index contributed by atoms with van der Waals surface area (Å²) in [7, 11) is 0. The Morgan fingerprint density at radius 1 is 0.915 bits per heavy atom. The summed E-state index contributed by atoms with van der Waals surface area (Å²) in [5, 5.41) is 2.02. The molecule has 2 saturated heterocycles. The fourth-order valence-corrected chi connectivity index (χ4v) is 9.38. The predicted molar refractivity (Wildman–Crippen MR) is 194 cm³/mol. The molecular weight excluding hydrogens is 736 g/mol. The van der Waals surface area contributed by atoms with Crippen molar-refractivity contribution >= 4 is 46.7 Å². The van der Waals surface area contributed by atoms with Crippen molar-refractivity contribution in [2.24, 2.45) is 11.1 Å². The number of nitrogens with zero attached hydrogens (tertiary/aromatic N) is 3. The molecule has 0 radical (unpaired) electrons. The summed E-state index contributed by atoms with van der Waals surface area (Å²) in [4.78, 5) is 5.25. The highest BCUT2D eigenvalue weighted by molar-refractivity contribution is 14.2. The third-order valence-electron chi connectivity index (χ3n) is 10.1. The van der Waals surface area contributed by atoms with E-state index in [0.29, 0.717) is 12.0 Å². The molecule has 3 aliphatic rings. The van der Waals surface area contributed by atoms with Crippen molar-refractivity contribution in [1.82, 2.24) is 14.4 Å². The van der Waals surface area contributed by atoms with Gasteiger partial charge in [0, 0.05) is 58.3 Å². The number of halogens is 5. The minimum Gasteiger partial charge on any atom is -0.406 e. The first kappa shape index (κ1) is 33.1. The SMILES string of the molecule is NCCCn1cc(-c2ccc(OC(F)(F)F)cc2)c2cc(CN3CCCC4(CCN(Cc5c(Cl)cccc5C5=IC5)CC4)C3)ccc21. The van der Waals surface area contributed by atoms with Crippen LogP contribution in [-0.2, 0) is 19.6 Å². The van der Waals surface area contributed by atoms with E-state index in [-0.39, 0.29) is 26.5 Å². The summed E-state index contributed by atoms with van der Waals surface area (Å²) in [6.07, 6.45) is 3.17. The van der Waals surface area contributed by atoms with Crippen LogP contribution in [-0.4, -0.2) is 61.4 Å². The molecule has 7 rings (SSSR count). The van der Waals surface area contributed by atoms with Crippen LogP contribution in [0.4, 0.5) is 13.2 Å². The number of nitrogens with two attached hydrogens (primary N) is 1. The highest BCUT2D eigenvalue weighted by atomic mass is 127. The largest absolute Gasteiger partial charge is 0.573 e. The van der Waals surface area contributed by atoms with E-state index in [1.54, 1.807) is 15.6 Å². The molecule has 0 unspecified atom stereocenters. The van der Waals surface area contributed by atoms with Gasteiger partial charge in [-0.15, -0.1) is 33.9 Å². The molecule has 0 bridgehead atoms. The molecular formula is C37H41ClF3IN4O. The molecule has 4 heterocycles. The lowest BCUT2D eigenvalue weighted by atomic mass is 9.72. The number of hydrogen-bond donors (Lipinski definition) is 1. The Labute approximate surface area is 289 Å². The van der Waals surface area contributed by atoms with Gasteiger partial charge in [0.2, 0.25) is 0 Å². The number of aromatic nitrogens is 1. The van der Waals surface area contributed by atoms with E-state index >= 15 is 0 Å². The molecule has 250 valence electrons. The number of piperidine rings is 2. The number of likely N-dealkylation sites (tertiary alicyclic amines) is 2. The molecule has 5 nitrogen and oxygen atoms in total. The zero-order chi connectivity index (χ0) is 32.6. The molecule has 3 aromatic carbocycles. The van der Waals surface area contributed by atoms with Crippen LogP contribution in [0.25, 0.3) is 22.0 Å². The van der Waals surface area contributed by atoms with Crippen molar-refractivity contribution in [2.75, 3.05) is 37.2 Å². The lowest BCUT2D eigenvalue weighted by Gasteiger charge is -2.48. The van der Waals surface area contributed by atoms with Gasteiger partial charge in [0.15, 0.2) is 0 Å². The second-order valence-electron chi connectivity index (χ2n) is 13.3. The smallest absolute Gasteiger partial charge is 0.406 e. The van der Waals surface area contributed by atoms with Gasteiger partial charge in [-0.25, -0.2) is 0 Å². The van der Waals surface area contributed by atoms with Gasteiger partial charge in [0.25, 0.3) is 0 Å². The second-order valence-corrected chi connectivity index (χ2v) is 16.6. The number of hydrogen-bond acceptors (Lipinski definition) is 4. The molecule has 10 heteroatoms. The Kier molecular flexibility index (Phi) is 9.73. The minimum absolute atomic E-state index is 0.217. The summed E-state index contributed by atoms with van der Waals surface area (Å²) in [5.41, 5.74) is 13.2. The molecule has 2 N–H and O–H groups in total. The van der Waals surface area contributed by atoms with Crippen molar-refractivity contribution in [3.8, 4) is 16.9 Å². The molecule has 47 heavy (non-hydrogen) atoms. The first-order chi connectivity index (χ1) is 22.7. The summed E-state index contributed by atoms with van der Waals surface area (Å²) >= 11 is 6.96. The Bertz CT molecular complexity index is 1760. The van der Waals surface area contributed by atoms with E-state index in [1.807, 2.05) is 6.07 Å². The van der Waals surface area contributed by atoms with Crippen LogP contribution in [0, 0.1) is 5.41 Å². The topological polar surface area (TPSA) is 46.7 Å². The second kappa shape index (κ2) is 13.8. The number of ether oxygens (including phenoxy) is 1. The number of aryl methyl sites for hydroxylation is 1. The molecule has 4 aromatic rings. The highest BCUT2D eigenvalue weighted by Gasteiger charge is 2.38. The van der Waals surface area contributed by atoms with Crippen LogP contribution in [0.2, 0.25) is 5.02 Å². The Morgan fingerprint density at radius 2 is 1.70 bits per heavy atom. The Balaban J connectivity index is 1.05. The van der Waals surface area contributed by atoms with Gasteiger partial charge in [-0.3, -0.25) is 9.80 Å². The third kappa shape index (κ3) is 7.75. The molecule has 0 amide bonds. The number of benzene rings is 3. The summed E-state index contributed by atoms with van der Waals surface area (Å²) in [5.74, 6) is -0.217. The normalized spacial score (nSPS) is 18.7. The van der Waals surface area contributed by atoms with Gasteiger partial charge in [-0.1, -0.05) is 41.9 Å². The average Bonchev–Trinajstić information content (AvgIpc) is 3.83. The van der Waals surface area contributed by atoms with Crippen LogP contribution in [0.3, 0.4) is 0 Å². The van der Waals surface area contributed by atoms with Crippen molar-refractivity contribution in [3.05, 3.63) is 88.6 Å². The van der Waals surface area contributed by atoms with E-state index in [2.05, 4.69) is 55.6 Å². The minimum atomic E-state index is -4.71. The fourth-order valence-electron chi connectivity index (χ4n) is 7.63. The van der Waals surface area contributed by atoms with Gasteiger partial charge in [0.05, 0.1) is 0 Å². The fraction of sp³-hybridized carbons (Fsp3) is 0.432. The van der Waals surface area contributed by atoms with E-state index in [4.69, 9.17) is 17.3 Å². The maximum absolute atomic E-state index is 12.8. The molecule has 0 aliphatic carbocycles. The molecule has 0 saturated carbocycles. The zero-order valence-electron chi connectivity index (χ0n) is 26.5. The third-order valence-corrected chi connectivity index (χ3v) is 12.5. The van der Waals surface area contributed by atoms with E-state index in [0.717, 1.165) is 79.3 Å². The lowest BCUT2D eigenvalue weighted by molar-refractivity contribution is -0.274. The number of fused-ring (bicyclic) bond motifs is 1. The van der Waals surface area contributed by atoms with E-state index in [9.17, 15) is 13.2 Å². The zero-order valence-corrected chi connectivity index (χ0v) is 29.4. The highest BCUT2D eigenvalue weighted by Crippen LogP contribution is 2.42. The van der Waals surface area contributed by atoms with E-state index < -0.39 is 6.36 Å². The van der Waals surface area contributed by atoms with Gasteiger partial charge in [-0.2, -0.15) is 0 Å². The van der Waals surface area contributed by atoms with Crippen LogP contribution >= 0.6 is 32.3 Å². The molecule has 1 aromatic heterocycles. The summed E-state index contributed by atoms with van der Waals surface area (Å²) < 4.78 is 47.5. The molecule has 3 aliphatic heterocycles. The van der Waals surface area contributed by atoms with Crippen LogP contribution < -0.4 is 10.5 Å². The monoisotopic (exact) mass is 776 g/mol. The number of alkyl halides is 4. The summed E-state index contributed by atoms with van der Waals surface area (Å²) in [6.45, 7) is 7.65. The number of rotatable bonds is 10. The molecule has 1 spiro atoms. The summed E-state index contributed by atoms with van der Waals surface area (Å²) in [6, 6.07) is 19.3. The first-order valence-electron chi connectivity index (χ1n) is 16.5. The lowest BCUT2D eigenvalue weighted by Crippen LogP contribution is -2.49. The van der Waals surface area contributed by atoms with E-state index in [1.165, 1.54) is 58.9 Å². The molecule has 0 atom stereocenters. The van der Waals surface area contributed by atoms with Crippen molar-refractivity contribution in [3.63, 3.8) is 0 Å². The van der Waals surface area contributed by atoms with Gasteiger partial charge < -0.3 is 15.0 Å². The van der Waals surface area contributed by atoms with Crippen LogP contribution in [0.15, 0.2) is 66.9 Å². The van der Waals surface area contributed by atoms with Crippen molar-refractivity contribution in [2.45, 2.75) is 58.1 Å². The maximum atomic E-state index is 12.8. The standard InChI is InChI=1S/C37H41ClF3IN4O/c38-33-5-1-4-29(34-21-42-34)32(33)23-44-18-13-36(14-19-44)12-2-16-45(25-36)22-26-6-11-35-30(20-26)31(24-46(35)17-3-15-43)27-7-9-28(10-8-27)47-37(39,40)41/h1,4-11,20,24H,2-3,12-19,21-23,25,43H2. The molecule has 2 fully saturated rings. The van der Waals surface area contributed by atoms with Crippen molar-refractivity contribution in [1.29, 1.82) is 0 Å². The quantitative estimate of drug-likeness (QED) is 0.130. The van der Waals surface area contributed by atoms with Crippen molar-refractivity contribution < 1.29 is 17.9 Å². The van der Waals surface area contributed by atoms with Crippen LogP contribution in [0.5, 0.6) is 5.75 Å². The van der Waals surface area contributed by atoms with Crippen LogP contribution in [0.1, 0.15) is 48.8 Å². The predicted octanol–water partition coefficient (Wildman–Crippen LogP) is 8.59. The Hall–Kier alpha value is -2.44. The first-order valence-corrected chi connectivity index (χ1v) is 19.5. The Morgan fingerprint density at radius 3 is 2.43 bits per heavy atom. The maximum Gasteiger partial charge on any atom is 0.573 e. The van der Waals surface area contributed by atoms with Gasteiger partial charge >= 0.3 is 6.36 Å². The average molecular weight is 777 g/mol. The van der Waals surface area contributed by atoms with Gasteiger partial charge in [0.1, 0.15) is 5.75 Å². The van der Waals surface area contributed by atoms with Gasteiger partial charge in [-0.05, 0) is 120 Å².